The summed E-state index contributed by atoms with van der Waals surface area (Å²) in [6.45, 7) is 8.91. The number of fused-ring (bicyclic) bond motifs is 6. The Labute approximate surface area is 228 Å². The molecule has 0 bridgehead atoms. The van der Waals surface area contributed by atoms with E-state index in [4.69, 9.17) is 14.2 Å². The van der Waals surface area contributed by atoms with Crippen molar-refractivity contribution in [3.05, 3.63) is 112 Å². The summed E-state index contributed by atoms with van der Waals surface area (Å²) in [5.74, 6) is 0.932. The monoisotopic (exact) mass is 520 g/mol. The molecule has 0 aromatic heterocycles. The van der Waals surface area contributed by atoms with E-state index in [-0.39, 0.29) is 12.2 Å². The lowest BCUT2D eigenvalue weighted by molar-refractivity contribution is 0.0224. The van der Waals surface area contributed by atoms with Gasteiger partial charge in [-0.25, -0.2) is 4.79 Å². The minimum absolute atomic E-state index is 0.156. The lowest BCUT2D eigenvalue weighted by atomic mass is 9.77. The molecule has 2 N–H and O–H groups in total. The largest absolute Gasteiger partial charge is 0.456 e. The Kier molecular flexibility index (Phi) is 6.28. The van der Waals surface area contributed by atoms with Gasteiger partial charge in [-0.2, -0.15) is 0 Å². The van der Waals surface area contributed by atoms with Crippen LogP contribution in [0.3, 0.4) is 0 Å². The number of carbonyl (C=O) groups excluding carboxylic acids is 1. The fraction of sp³-hybridized carbons (Fsp3) is 0.242. The van der Waals surface area contributed by atoms with E-state index in [1.54, 1.807) is 0 Å². The van der Waals surface area contributed by atoms with Crippen molar-refractivity contribution in [1.29, 1.82) is 0 Å². The zero-order valence-corrected chi connectivity index (χ0v) is 22.6. The quantitative estimate of drug-likeness (QED) is 0.191. The molecule has 1 spiro atoms. The van der Waals surface area contributed by atoms with Gasteiger partial charge in [0.1, 0.15) is 17.7 Å². The molecule has 4 aromatic carbocycles. The third kappa shape index (κ3) is 4.31. The Morgan fingerprint density at radius 1 is 0.872 bits per heavy atom. The molecule has 2 aliphatic rings. The summed E-state index contributed by atoms with van der Waals surface area (Å²) in [6, 6.07) is 25.8. The molecule has 0 amide bonds. The number of rotatable bonds is 7. The van der Waals surface area contributed by atoms with Gasteiger partial charge in [-0.05, 0) is 75.2 Å². The molecule has 2 unspecified atom stereocenters. The third-order valence-electron chi connectivity index (χ3n) is 7.31. The zero-order valence-electron chi connectivity index (χ0n) is 22.6. The van der Waals surface area contributed by atoms with Crippen LogP contribution in [0.4, 0.5) is 17.1 Å². The molecule has 0 aliphatic carbocycles. The SMILES string of the molecule is CCCOC(C)Nc1ccc2c(c1)Oc1ccc(Nc3ccc(C)cc3C)cc1C21OC(=O)c2ccccc21. The van der Waals surface area contributed by atoms with E-state index in [1.165, 1.54) is 5.56 Å². The van der Waals surface area contributed by atoms with Crippen molar-refractivity contribution in [3.63, 3.8) is 0 Å². The summed E-state index contributed by atoms with van der Waals surface area (Å²) in [4.78, 5) is 13.2. The molecule has 2 heterocycles. The second-order valence-corrected chi connectivity index (χ2v) is 10.2. The number of ether oxygens (including phenoxy) is 3. The van der Waals surface area contributed by atoms with Crippen LogP contribution in [0, 0.1) is 13.8 Å². The van der Waals surface area contributed by atoms with Crippen LogP contribution in [0.2, 0.25) is 0 Å². The van der Waals surface area contributed by atoms with Gasteiger partial charge in [-0.3, -0.25) is 0 Å². The third-order valence-corrected chi connectivity index (χ3v) is 7.31. The second kappa shape index (κ2) is 9.79. The van der Waals surface area contributed by atoms with Crippen LogP contribution >= 0.6 is 0 Å². The molecule has 6 rings (SSSR count). The van der Waals surface area contributed by atoms with Crippen molar-refractivity contribution in [2.75, 3.05) is 17.2 Å². The van der Waals surface area contributed by atoms with Crippen LogP contribution in [0.1, 0.15) is 58.4 Å². The van der Waals surface area contributed by atoms with E-state index in [1.807, 2.05) is 67.6 Å². The van der Waals surface area contributed by atoms with Crippen LogP contribution in [0.25, 0.3) is 0 Å². The number of anilines is 3. The number of esters is 1. The molecule has 198 valence electrons. The summed E-state index contributed by atoms with van der Waals surface area (Å²) in [5.41, 5.74) is 6.94. The van der Waals surface area contributed by atoms with E-state index >= 15 is 0 Å². The predicted molar refractivity (Wildman–Crippen MR) is 153 cm³/mol. The van der Waals surface area contributed by atoms with Crippen molar-refractivity contribution in [2.24, 2.45) is 0 Å². The van der Waals surface area contributed by atoms with Gasteiger partial charge in [0.2, 0.25) is 0 Å². The highest BCUT2D eigenvalue weighted by molar-refractivity contribution is 5.97. The number of benzene rings is 4. The first-order valence-electron chi connectivity index (χ1n) is 13.4. The average Bonchev–Trinajstić information content (AvgIpc) is 3.22. The van der Waals surface area contributed by atoms with Gasteiger partial charge in [0.05, 0.1) is 5.56 Å². The van der Waals surface area contributed by atoms with Crippen molar-refractivity contribution < 1.29 is 19.0 Å². The Morgan fingerprint density at radius 2 is 1.69 bits per heavy atom. The van der Waals surface area contributed by atoms with Gasteiger partial charge >= 0.3 is 5.97 Å². The van der Waals surface area contributed by atoms with Gasteiger partial charge < -0.3 is 24.8 Å². The van der Waals surface area contributed by atoms with Gasteiger partial charge in [0.15, 0.2) is 5.60 Å². The van der Waals surface area contributed by atoms with Crippen LogP contribution in [0.5, 0.6) is 11.5 Å². The summed E-state index contributed by atoms with van der Waals surface area (Å²) in [5, 5.41) is 6.93. The van der Waals surface area contributed by atoms with Crippen LogP contribution in [-0.2, 0) is 15.1 Å². The van der Waals surface area contributed by atoms with Crippen LogP contribution in [-0.4, -0.2) is 18.8 Å². The molecular weight excluding hydrogens is 488 g/mol. The lowest BCUT2D eigenvalue weighted by Gasteiger charge is -2.37. The van der Waals surface area contributed by atoms with Gasteiger partial charge in [0.25, 0.3) is 0 Å². The van der Waals surface area contributed by atoms with Gasteiger partial charge in [0, 0.05) is 46.4 Å². The number of nitrogens with one attached hydrogen (secondary N) is 2. The van der Waals surface area contributed by atoms with Gasteiger partial charge in [-0.1, -0.05) is 42.8 Å². The zero-order chi connectivity index (χ0) is 27.1. The highest BCUT2D eigenvalue weighted by Crippen LogP contribution is 2.57. The topological polar surface area (TPSA) is 68.8 Å². The summed E-state index contributed by atoms with van der Waals surface area (Å²) >= 11 is 0. The summed E-state index contributed by atoms with van der Waals surface area (Å²) in [6.07, 6.45) is 0.792. The number of hydrogen-bond acceptors (Lipinski definition) is 6. The molecule has 39 heavy (non-hydrogen) atoms. The second-order valence-electron chi connectivity index (χ2n) is 10.2. The van der Waals surface area contributed by atoms with Gasteiger partial charge in [-0.15, -0.1) is 0 Å². The smallest absolute Gasteiger partial charge is 0.340 e. The van der Waals surface area contributed by atoms with E-state index in [2.05, 4.69) is 49.6 Å². The molecule has 2 atom stereocenters. The van der Waals surface area contributed by atoms with Crippen molar-refractivity contribution in [3.8, 4) is 11.5 Å². The minimum atomic E-state index is -1.13. The molecular formula is C33H32N2O4. The van der Waals surface area contributed by atoms with E-state index < -0.39 is 5.60 Å². The molecule has 0 fully saturated rings. The predicted octanol–water partition coefficient (Wildman–Crippen LogP) is 7.80. The summed E-state index contributed by atoms with van der Waals surface area (Å²) in [7, 11) is 0. The maximum Gasteiger partial charge on any atom is 0.340 e. The van der Waals surface area contributed by atoms with Crippen molar-refractivity contribution in [2.45, 2.75) is 45.9 Å². The standard InChI is InChI=1S/C33H32N2O4/c1-5-16-37-22(4)34-24-11-13-27-31(19-24)38-30-15-12-23(35-29-14-10-20(2)17-21(29)3)18-28(30)33(27)26-9-7-6-8-25(26)32(36)39-33/h6-15,17-19,22,34-35H,5,16H2,1-4H3. The Morgan fingerprint density at radius 3 is 2.51 bits per heavy atom. The Balaban J connectivity index is 1.46. The molecule has 0 saturated carbocycles. The molecule has 4 aromatic rings. The van der Waals surface area contributed by atoms with E-state index in [0.29, 0.717) is 23.7 Å². The molecule has 6 nitrogen and oxygen atoms in total. The number of hydrogen-bond donors (Lipinski definition) is 2. The average molecular weight is 521 g/mol. The molecule has 6 heteroatoms. The Hall–Kier alpha value is -4.29. The first-order chi connectivity index (χ1) is 18.9. The summed E-state index contributed by atoms with van der Waals surface area (Å²) < 4.78 is 18.6. The number of carbonyl (C=O) groups is 1. The highest BCUT2D eigenvalue weighted by atomic mass is 16.6. The maximum absolute atomic E-state index is 13.2. The fourth-order valence-electron chi connectivity index (χ4n) is 5.52. The number of aryl methyl sites for hydroxylation is 2. The van der Waals surface area contributed by atoms with Crippen molar-refractivity contribution >= 4 is 23.0 Å². The Bertz CT molecular complexity index is 1580. The minimum Gasteiger partial charge on any atom is -0.456 e. The van der Waals surface area contributed by atoms with E-state index in [9.17, 15) is 4.79 Å². The molecule has 0 saturated heterocycles. The van der Waals surface area contributed by atoms with Crippen molar-refractivity contribution in [1.82, 2.24) is 0 Å². The normalized spacial score (nSPS) is 17.5. The first kappa shape index (κ1) is 25.0. The maximum atomic E-state index is 13.2. The highest BCUT2D eigenvalue weighted by Gasteiger charge is 2.53. The molecule has 2 aliphatic heterocycles. The van der Waals surface area contributed by atoms with Crippen LogP contribution in [0.15, 0.2) is 78.9 Å². The van der Waals surface area contributed by atoms with Crippen LogP contribution < -0.4 is 15.4 Å². The molecule has 0 radical (unpaired) electrons. The first-order valence-corrected chi connectivity index (χ1v) is 13.4. The fourth-order valence-corrected chi connectivity index (χ4v) is 5.52. The van der Waals surface area contributed by atoms with E-state index in [0.717, 1.165) is 45.7 Å². The lowest BCUT2D eigenvalue weighted by Crippen LogP contribution is -2.33.